The van der Waals surface area contributed by atoms with Crippen LogP contribution in [0.15, 0.2) is 12.2 Å². The maximum Gasteiger partial charge on any atom is 0.320 e. The molecule has 0 aromatic rings. The van der Waals surface area contributed by atoms with Gasteiger partial charge in [0.2, 0.25) is 0 Å². The van der Waals surface area contributed by atoms with E-state index in [-0.39, 0.29) is 6.03 Å². The van der Waals surface area contributed by atoms with Crippen molar-refractivity contribution >= 4 is 6.03 Å². The zero-order valence-corrected chi connectivity index (χ0v) is 8.41. The molecule has 2 heterocycles. The summed E-state index contributed by atoms with van der Waals surface area (Å²) in [5.74, 6) is 0. The molecular formula is C10H17N3O. The zero-order chi connectivity index (χ0) is 9.80. The first kappa shape index (κ1) is 9.52. The van der Waals surface area contributed by atoms with E-state index in [0.29, 0.717) is 0 Å². The van der Waals surface area contributed by atoms with Crippen molar-refractivity contribution in [3.05, 3.63) is 12.2 Å². The predicted molar refractivity (Wildman–Crippen MR) is 55.2 cm³/mol. The molecule has 0 aromatic carbocycles. The van der Waals surface area contributed by atoms with E-state index in [1.165, 1.54) is 0 Å². The second-order valence-corrected chi connectivity index (χ2v) is 3.73. The lowest BCUT2D eigenvalue weighted by Gasteiger charge is -2.33. The minimum atomic E-state index is 0.204. The summed E-state index contributed by atoms with van der Waals surface area (Å²) < 4.78 is 0. The van der Waals surface area contributed by atoms with Crippen LogP contribution in [0.4, 0.5) is 4.79 Å². The van der Waals surface area contributed by atoms with Crippen molar-refractivity contribution in [2.24, 2.45) is 0 Å². The average molecular weight is 195 g/mol. The summed E-state index contributed by atoms with van der Waals surface area (Å²) in [6, 6.07) is 0.204. The Labute approximate surface area is 84.6 Å². The second kappa shape index (κ2) is 4.46. The average Bonchev–Trinajstić information content (AvgIpc) is 2.30. The van der Waals surface area contributed by atoms with Crippen molar-refractivity contribution in [2.45, 2.75) is 6.42 Å². The van der Waals surface area contributed by atoms with Crippen LogP contribution in [0.5, 0.6) is 0 Å². The Morgan fingerprint density at radius 3 is 2.50 bits per heavy atom. The summed E-state index contributed by atoms with van der Waals surface area (Å²) in [7, 11) is 0. The molecule has 0 radical (unpaired) electrons. The molecule has 4 heteroatoms. The molecule has 1 N–H and O–H groups in total. The molecule has 4 nitrogen and oxygen atoms in total. The Hall–Kier alpha value is -1.03. The van der Waals surface area contributed by atoms with Crippen LogP contribution >= 0.6 is 0 Å². The van der Waals surface area contributed by atoms with E-state index in [0.717, 1.165) is 45.7 Å². The molecule has 2 rings (SSSR count). The third-order valence-corrected chi connectivity index (χ3v) is 2.72. The van der Waals surface area contributed by atoms with Gasteiger partial charge in [0.05, 0.1) is 0 Å². The van der Waals surface area contributed by atoms with E-state index in [9.17, 15) is 4.79 Å². The van der Waals surface area contributed by atoms with Gasteiger partial charge in [0, 0.05) is 39.3 Å². The molecule has 2 aliphatic rings. The number of urea groups is 1. The van der Waals surface area contributed by atoms with Gasteiger partial charge in [0.25, 0.3) is 0 Å². The minimum absolute atomic E-state index is 0.204. The second-order valence-electron chi connectivity index (χ2n) is 3.73. The standard InChI is InChI=1S/C10H17N3O/c14-10(12-6-2-1-3-7-12)13-8-4-11-5-9-13/h1-2,11H,3-9H2. The van der Waals surface area contributed by atoms with Crippen LogP contribution in [0.1, 0.15) is 6.42 Å². The van der Waals surface area contributed by atoms with Crippen molar-refractivity contribution in [2.75, 3.05) is 39.3 Å². The highest BCUT2D eigenvalue weighted by atomic mass is 16.2. The maximum absolute atomic E-state index is 11.9. The van der Waals surface area contributed by atoms with Gasteiger partial charge >= 0.3 is 6.03 Å². The molecule has 14 heavy (non-hydrogen) atoms. The topological polar surface area (TPSA) is 35.6 Å². The molecule has 1 fully saturated rings. The Kier molecular flexibility index (Phi) is 3.03. The van der Waals surface area contributed by atoms with Gasteiger partial charge in [-0.15, -0.1) is 0 Å². The van der Waals surface area contributed by atoms with Gasteiger partial charge in [-0.05, 0) is 6.42 Å². The monoisotopic (exact) mass is 195 g/mol. The molecule has 0 unspecified atom stereocenters. The third kappa shape index (κ3) is 2.07. The number of rotatable bonds is 0. The van der Waals surface area contributed by atoms with Crippen LogP contribution in [0, 0.1) is 0 Å². The van der Waals surface area contributed by atoms with Gasteiger partial charge in [0.15, 0.2) is 0 Å². The fourth-order valence-corrected chi connectivity index (χ4v) is 1.87. The Morgan fingerprint density at radius 1 is 1.07 bits per heavy atom. The first-order chi connectivity index (χ1) is 6.88. The lowest BCUT2D eigenvalue weighted by molar-refractivity contribution is 0.150. The summed E-state index contributed by atoms with van der Waals surface area (Å²) in [6.45, 7) is 5.20. The lowest BCUT2D eigenvalue weighted by atomic mass is 10.2. The van der Waals surface area contributed by atoms with E-state index in [2.05, 4.69) is 17.5 Å². The first-order valence-electron chi connectivity index (χ1n) is 5.27. The van der Waals surface area contributed by atoms with Crippen LogP contribution in [-0.4, -0.2) is 55.1 Å². The highest BCUT2D eigenvalue weighted by Crippen LogP contribution is 2.06. The number of piperazine rings is 1. The SMILES string of the molecule is O=C(N1CC=CCC1)N1CCNCC1. The maximum atomic E-state index is 11.9. The van der Waals surface area contributed by atoms with E-state index >= 15 is 0 Å². The fraction of sp³-hybridized carbons (Fsp3) is 0.700. The van der Waals surface area contributed by atoms with Crippen molar-refractivity contribution < 1.29 is 4.79 Å². The van der Waals surface area contributed by atoms with Crippen LogP contribution in [0.3, 0.4) is 0 Å². The number of nitrogens with zero attached hydrogens (tertiary/aromatic N) is 2. The summed E-state index contributed by atoms with van der Waals surface area (Å²) in [5, 5.41) is 3.25. The number of carbonyl (C=O) groups excluding carboxylic acids is 1. The quantitative estimate of drug-likeness (QED) is 0.563. The molecule has 2 aliphatic heterocycles. The van der Waals surface area contributed by atoms with Crippen molar-refractivity contribution in [1.82, 2.24) is 15.1 Å². The minimum Gasteiger partial charge on any atom is -0.322 e. The number of amides is 2. The van der Waals surface area contributed by atoms with E-state index in [1.54, 1.807) is 0 Å². The third-order valence-electron chi connectivity index (χ3n) is 2.72. The van der Waals surface area contributed by atoms with Gasteiger partial charge < -0.3 is 15.1 Å². The molecule has 2 amide bonds. The van der Waals surface area contributed by atoms with Crippen LogP contribution in [0.25, 0.3) is 0 Å². The summed E-state index contributed by atoms with van der Waals surface area (Å²) in [5.41, 5.74) is 0. The number of nitrogens with one attached hydrogen (secondary N) is 1. The Bertz CT molecular complexity index is 234. The number of carbonyl (C=O) groups is 1. The number of hydrogen-bond acceptors (Lipinski definition) is 2. The molecule has 1 saturated heterocycles. The summed E-state index contributed by atoms with van der Waals surface area (Å²) in [6.07, 6.45) is 5.21. The molecule has 0 spiro atoms. The lowest BCUT2D eigenvalue weighted by Crippen LogP contribution is -2.52. The fourth-order valence-electron chi connectivity index (χ4n) is 1.87. The van der Waals surface area contributed by atoms with Crippen LogP contribution in [-0.2, 0) is 0 Å². The van der Waals surface area contributed by atoms with Gasteiger partial charge in [-0.25, -0.2) is 4.79 Å². The summed E-state index contributed by atoms with van der Waals surface area (Å²) >= 11 is 0. The Balaban J connectivity index is 1.89. The summed E-state index contributed by atoms with van der Waals surface area (Å²) in [4.78, 5) is 15.8. The first-order valence-corrected chi connectivity index (χ1v) is 5.27. The van der Waals surface area contributed by atoms with Gasteiger partial charge in [0.1, 0.15) is 0 Å². The van der Waals surface area contributed by atoms with Crippen molar-refractivity contribution in [3.63, 3.8) is 0 Å². The van der Waals surface area contributed by atoms with Crippen molar-refractivity contribution in [3.8, 4) is 0 Å². The highest BCUT2D eigenvalue weighted by molar-refractivity contribution is 5.75. The largest absolute Gasteiger partial charge is 0.322 e. The van der Waals surface area contributed by atoms with E-state index < -0.39 is 0 Å². The normalized spacial score (nSPS) is 22.6. The molecule has 0 aliphatic carbocycles. The molecule has 0 atom stereocenters. The van der Waals surface area contributed by atoms with E-state index in [4.69, 9.17) is 0 Å². The number of hydrogen-bond donors (Lipinski definition) is 1. The van der Waals surface area contributed by atoms with Gasteiger partial charge in [-0.2, -0.15) is 0 Å². The van der Waals surface area contributed by atoms with Crippen LogP contribution in [0.2, 0.25) is 0 Å². The molecule has 78 valence electrons. The predicted octanol–water partition coefficient (Wildman–Crippen LogP) is 0.273. The zero-order valence-electron chi connectivity index (χ0n) is 8.41. The molecule has 0 bridgehead atoms. The van der Waals surface area contributed by atoms with Crippen LogP contribution < -0.4 is 5.32 Å². The smallest absolute Gasteiger partial charge is 0.320 e. The highest BCUT2D eigenvalue weighted by Gasteiger charge is 2.21. The van der Waals surface area contributed by atoms with Gasteiger partial charge in [-0.1, -0.05) is 12.2 Å². The molecular weight excluding hydrogens is 178 g/mol. The van der Waals surface area contributed by atoms with Gasteiger partial charge in [-0.3, -0.25) is 0 Å². The Morgan fingerprint density at radius 2 is 1.86 bits per heavy atom. The molecule has 0 aromatic heterocycles. The van der Waals surface area contributed by atoms with E-state index in [1.807, 2.05) is 9.80 Å². The van der Waals surface area contributed by atoms with Crippen molar-refractivity contribution in [1.29, 1.82) is 0 Å². The molecule has 0 saturated carbocycles.